The van der Waals surface area contributed by atoms with Crippen molar-refractivity contribution in [1.29, 1.82) is 0 Å². The quantitative estimate of drug-likeness (QED) is 0.271. The van der Waals surface area contributed by atoms with Crippen LogP contribution < -0.4 is 9.64 Å². The lowest BCUT2D eigenvalue weighted by molar-refractivity contribution is -0.113. The lowest BCUT2D eigenvalue weighted by Crippen LogP contribution is -2.27. The first-order chi connectivity index (χ1) is 15.3. The molecule has 3 aromatic rings. The lowest BCUT2D eigenvalue weighted by atomic mass is 10.2. The van der Waals surface area contributed by atoms with E-state index in [1.165, 1.54) is 0 Å². The molecule has 162 valence electrons. The minimum Gasteiger partial charge on any atom is -0.486 e. The molecule has 0 aliphatic carbocycles. The summed E-state index contributed by atoms with van der Waals surface area (Å²) in [4.78, 5) is 26.8. The zero-order chi connectivity index (χ0) is 22.8. The predicted molar refractivity (Wildman–Crippen MR) is 138 cm³/mol. The summed E-state index contributed by atoms with van der Waals surface area (Å²) in [6.45, 7) is 0.302. The Labute approximate surface area is 215 Å². The van der Waals surface area contributed by atoms with Crippen molar-refractivity contribution in [1.82, 2.24) is 0 Å². The number of imide groups is 1. The number of amides is 2. The Bertz CT molecular complexity index is 1230. The van der Waals surface area contributed by atoms with E-state index >= 15 is 0 Å². The number of ether oxygens (including phenoxy) is 1. The Hall–Kier alpha value is -1.77. The van der Waals surface area contributed by atoms with Gasteiger partial charge in [-0.05, 0) is 97.7 Å². The SMILES string of the molecule is O=C1S/C(=C\c2cc(Br)c(OCc3ccccc3Cl)c(Br)c2)C(=O)N1c1ccc(Cl)cc1. The van der Waals surface area contributed by atoms with Crippen LogP contribution in [-0.4, -0.2) is 11.1 Å². The first-order valence-corrected chi connectivity index (χ1v) is 12.4. The summed E-state index contributed by atoms with van der Waals surface area (Å²) in [6, 6.07) is 17.7. The number of nitrogens with zero attached hydrogens (tertiary/aromatic N) is 1. The molecular weight excluding hydrogens is 601 g/mol. The van der Waals surface area contributed by atoms with Crippen molar-refractivity contribution in [2.24, 2.45) is 0 Å². The normalized spacial score (nSPS) is 15.0. The number of halogens is 4. The fourth-order valence-electron chi connectivity index (χ4n) is 3.00. The molecule has 3 aromatic carbocycles. The molecule has 0 unspecified atom stereocenters. The largest absolute Gasteiger partial charge is 0.486 e. The third-order valence-corrected chi connectivity index (χ3v) is 7.20. The van der Waals surface area contributed by atoms with Gasteiger partial charge in [0.05, 0.1) is 19.5 Å². The smallest absolute Gasteiger partial charge is 0.298 e. The fourth-order valence-corrected chi connectivity index (χ4v) is 5.61. The summed E-state index contributed by atoms with van der Waals surface area (Å²) in [6.07, 6.45) is 1.67. The van der Waals surface area contributed by atoms with Crippen molar-refractivity contribution < 1.29 is 14.3 Å². The van der Waals surface area contributed by atoms with Gasteiger partial charge in [-0.15, -0.1) is 0 Å². The number of benzene rings is 3. The van der Waals surface area contributed by atoms with Crippen LogP contribution in [0.4, 0.5) is 10.5 Å². The van der Waals surface area contributed by atoms with E-state index in [0.29, 0.717) is 41.9 Å². The Morgan fingerprint density at radius 2 is 1.62 bits per heavy atom. The molecule has 1 heterocycles. The van der Waals surface area contributed by atoms with Crippen LogP contribution in [0.25, 0.3) is 6.08 Å². The number of anilines is 1. The van der Waals surface area contributed by atoms with E-state index in [2.05, 4.69) is 31.9 Å². The van der Waals surface area contributed by atoms with Crippen LogP contribution in [0.3, 0.4) is 0 Å². The molecule has 0 spiro atoms. The van der Waals surface area contributed by atoms with E-state index in [1.807, 2.05) is 36.4 Å². The third kappa shape index (κ3) is 5.07. The highest BCUT2D eigenvalue weighted by Gasteiger charge is 2.36. The maximum Gasteiger partial charge on any atom is 0.298 e. The first-order valence-electron chi connectivity index (χ1n) is 9.22. The van der Waals surface area contributed by atoms with Gasteiger partial charge in [0.15, 0.2) is 0 Å². The van der Waals surface area contributed by atoms with Gasteiger partial charge in [0.2, 0.25) is 0 Å². The fraction of sp³-hybridized carbons (Fsp3) is 0.0435. The molecular formula is C23H13Br2Cl2NO3S. The molecule has 1 fully saturated rings. The van der Waals surface area contributed by atoms with Crippen LogP contribution in [0.5, 0.6) is 5.75 Å². The molecule has 2 amide bonds. The van der Waals surface area contributed by atoms with Gasteiger partial charge in [-0.25, -0.2) is 4.90 Å². The van der Waals surface area contributed by atoms with Crippen LogP contribution in [0.15, 0.2) is 74.5 Å². The van der Waals surface area contributed by atoms with E-state index in [1.54, 1.807) is 30.3 Å². The van der Waals surface area contributed by atoms with Gasteiger partial charge in [0.25, 0.3) is 11.1 Å². The van der Waals surface area contributed by atoms with Gasteiger partial charge < -0.3 is 4.74 Å². The van der Waals surface area contributed by atoms with E-state index in [0.717, 1.165) is 27.8 Å². The van der Waals surface area contributed by atoms with Crippen LogP contribution in [0, 0.1) is 0 Å². The van der Waals surface area contributed by atoms with Crippen molar-refractivity contribution in [3.8, 4) is 5.75 Å². The Kier molecular flexibility index (Phi) is 7.32. The van der Waals surface area contributed by atoms with Crippen molar-refractivity contribution in [3.05, 3.63) is 95.7 Å². The topological polar surface area (TPSA) is 46.6 Å². The molecule has 0 N–H and O–H groups in total. The predicted octanol–water partition coefficient (Wildman–Crippen LogP) is 8.34. The van der Waals surface area contributed by atoms with E-state index in [4.69, 9.17) is 27.9 Å². The molecule has 4 rings (SSSR count). The molecule has 1 aliphatic rings. The summed E-state index contributed by atoms with van der Waals surface area (Å²) < 4.78 is 7.33. The average Bonchev–Trinajstić information content (AvgIpc) is 3.02. The minimum atomic E-state index is -0.381. The van der Waals surface area contributed by atoms with Crippen LogP contribution >= 0.6 is 66.8 Å². The Morgan fingerprint density at radius 1 is 0.969 bits per heavy atom. The molecule has 9 heteroatoms. The van der Waals surface area contributed by atoms with E-state index in [9.17, 15) is 9.59 Å². The molecule has 1 saturated heterocycles. The van der Waals surface area contributed by atoms with Gasteiger partial charge >= 0.3 is 0 Å². The van der Waals surface area contributed by atoms with E-state index < -0.39 is 0 Å². The summed E-state index contributed by atoms with van der Waals surface area (Å²) in [5.74, 6) is 0.227. The summed E-state index contributed by atoms with van der Waals surface area (Å²) in [5.41, 5.74) is 2.08. The number of thioether (sulfide) groups is 1. The van der Waals surface area contributed by atoms with Gasteiger partial charge in [-0.2, -0.15) is 0 Å². The maximum atomic E-state index is 12.9. The van der Waals surface area contributed by atoms with Gasteiger partial charge in [0.1, 0.15) is 12.4 Å². The highest BCUT2D eigenvalue weighted by molar-refractivity contribution is 9.11. The second kappa shape index (κ2) is 10.0. The monoisotopic (exact) mass is 611 g/mol. The van der Waals surface area contributed by atoms with Crippen molar-refractivity contribution >= 4 is 89.7 Å². The zero-order valence-corrected chi connectivity index (χ0v) is 21.7. The Balaban J connectivity index is 1.55. The summed E-state index contributed by atoms with van der Waals surface area (Å²) in [5, 5.41) is 0.803. The first kappa shape index (κ1) is 23.4. The third-order valence-electron chi connectivity index (χ3n) is 4.53. The standard InChI is InChI=1S/C23H13Br2Cl2NO3S/c24-17-9-13(10-18(25)21(17)31-12-14-3-1-2-4-19(14)27)11-20-22(29)28(23(30)32-20)16-7-5-15(26)6-8-16/h1-11H,12H2/b20-11-. The number of hydrogen-bond donors (Lipinski definition) is 0. The summed E-state index contributed by atoms with van der Waals surface area (Å²) >= 11 is 20.0. The van der Waals surface area contributed by atoms with Crippen molar-refractivity contribution in [2.75, 3.05) is 4.90 Å². The van der Waals surface area contributed by atoms with Gasteiger partial charge in [-0.1, -0.05) is 41.4 Å². The van der Waals surface area contributed by atoms with Crippen LogP contribution in [-0.2, 0) is 11.4 Å². The lowest BCUT2D eigenvalue weighted by Gasteiger charge is -2.13. The number of rotatable bonds is 5. The van der Waals surface area contributed by atoms with Gasteiger partial charge in [-0.3, -0.25) is 9.59 Å². The molecule has 1 aliphatic heterocycles. The highest BCUT2D eigenvalue weighted by atomic mass is 79.9. The molecule has 0 radical (unpaired) electrons. The second-order valence-corrected chi connectivity index (χ2v) is 10.2. The maximum absolute atomic E-state index is 12.9. The number of hydrogen-bond acceptors (Lipinski definition) is 4. The van der Waals surface area contributed by atoms with E-state index in [-0.39, 0.29) is 11.1 Å². The molecule has 0 saturated carbocycles. The molecule has 32 heavy (non-hydrogen) atoms. The van der Waals surface area contributed by atoms with Crippen molar-refractivity contribution in [2.45, 2.75) is 6.61 Å². The highest BCUT2D eigenvalue weighted by Crippen LogP contribution is 2.39. The Morgan fingerprint density at radius 3 is 2.28 bits per heavy atom. The number of carbonyl (C=O) groups excluding carboxylic acids is 2. The van der Waals surface area contributed by atoms with Crippen LogP contribution in [0.2, 0.25) is 10.0 Å². The zero-order valence-electron chi connectivity index (χ0n) is 16.2. The molecule has 0 atom stereocenters. The molecule has 0 aromatic heterocycles. The molecule has 4 nitrogen and oxygen atoms in total. The minimum absolute atomic E-state index is 0.302. The second-order valence-electron chi connectivity index (χ2n) is 6.69. The van der Waals surface area contributed by atoms with Crippen LogP contribution in [0.1, 0.15) is 11.1 Å². The summed E-state index contributed by atoms with van der Waals surface area (Å²) in [7, 11) is 0. The van der Waals surface area contributed by atoms with Crippen molar-refractivity contribution in [3.63, 3.8) is 0 Å². The van der Waals surface area contributed by atoms with Gasteiger partial charge in [0, 0.05) is 15.6 Å². The average molecular weight is 614 g/mol. The molecule has 0 bridgehead atoms. The number of carbonyl (C=O) groups is 2.